The molecule has 8 nitrogen and oxygen atoms in total. The molecular formula is C24H28N4O4S. The first-order valence-electron chi connectivity index (χ1n) is 10.4. The molecule has 0 aliphatic carbocycles. The Bertz CT molecular complexity index is 1270. The molecule has 33 heavy (non-hydrogen) atoms. The van der Waals surface area contributed by atoms with Gasteiger partial charge in [0.25, 0.3) is 15.9 Å². The number of rotatable bonds is 7. The Labute approximate surface area is 194 Å². The molecule has 0 aliphatic rings. The average molecular weight is 469 g/mol. The van der Waals surface area contributed by atoms with Crippen molar-refractivity contribution in [1.82, 2.24) is 9.97 Å². The van der Waals surface area contributed by atoms with Gasteiger partial charge in [0.15, 0.2) is 6.10 Å². The van der Waals surface area contributed by atoms with Crippen molar-refractivity contribution in [3.05, 3.63) is 70.5 Å². The van der Waals surface area contributed by atoms with Crippen molar-refractivity contribution >= 4 is 27.6 Å². The molecule has 3 aromatic rings. The standard InChI is InChI=1S/C24H28N4O4S/c1-14-11-15(2)18(5)22(12-14)32-19(6)23(29)27-20-7-9-21(10-8-20)33(30,31)28-24-25-16(3)13-17(4)26-24/h7-13,19H,1-6H3,(H,27,29)(H,25,26,28)/t19-/m0/s1. The summed E-state index contributed by atoms with van der Waals surface area (Å²) >= 11 is 0. The van der Waals surface area contributed by atoms with Crippen molar-refractivity contribution in [1.29, 1.82) is 0 Å². The quantitative estimate of drug-likeness (QED) is 0.537. The maximum Gasteiger partial charge on any atom is 0.265 e. The van der Waals surface area contributed by atoms with Crippen LogP contribution in [0.25, 0.3) is 0 Å². The number of carbonyl (C=O) groups is 1. The molecule has 1 atom stereocenters. The van der Waals surface area contributed by atoms with E-state index in [0.29, 0.717) is 22.8 Å². The van der Waals surface area contributed by atoms with Crippen LogP contribution in [-0.4, -0.2) is 30.4 Å². The number of hydrogen-bond donors (Lipinski definition) is 2. The van der Waals surface area contributed by atoms with Crippen molar-refractivity contribution in [2.75, 3.05) is 10.0 Å². The van der Waals surface area contributed by atoms with Gasteiger partial charge in [-0.3, -0.25) is 4.79 Å². The summed E-state index contributed by atoms with van der Waals surface area (Å²) in [6.45, 7) is 11.1. The van der Waals surface area contributed by atoms with Crippen LogP contribution in [0, 0.1) is 34.6 Å². The third-order valence-corrected chi connectivity index (χ3v) is 6.42. The highest BCUT2D eigenvalue weighted by Crippen LogP contribution is 2.25. The molecule has 9 heteroatoms. The van der Waals surface area contributed by atoms with E-state index in [0.717, 1.165) is 16.7 Å². The average Bonchev–Trinajstić information content (AvgIpc) is 2.70. The first-order valence-corrected chi connectivity index (χ1v) is 11.9. The number of benzene rings is 2. The molecule has 174 valence electrons. The second kappa shape index (κ2) is 9.58. The maximum atomic E-state index is 12.7. The molecule has 0 saturated heterocycles. The normalized spacial score (nSPS) is 12.2. The number of carbonyl (C=O) groups excluding carboxylic acids is 1. The van der Waals surface area contributed by atoms with Crippen molar-refractivity contribution in [2.24, 2.45) is 0 Å². The van der Waals surface area contributed by atoms with Crippen molar-refractivity contribution in [2.45, 2.75) is 52.5 Å². The van der Waals surface area contributed by atoms with Crippen molar-refractivity contribution in [3.8, 4) is 5.75 Å². The van der Waals surface area contributed by atoms with E-state index < -0.39 is 16.1 Å². The van der Waals surface area contributed by atoms with Crippen LogP contribution in [-0.2, 0) is 14.8 Å². The highest BCUT2D eigenvalue weighted by molar-refractivity contribution is 7.92. The van der Waals surface area contributed by atoms with Crippen LogP contribution in [0.5, 0.6) is 5.75 Å². The van der Waals surface area contributed by atoms with Gasteiger partial charge in [-0.25, -0.2) is 23.1 Å². The second-order valence-corrected chi connectivity index (χ2v) is 9.74. The van der Waals surface area contributed by atoms with E-state index in [1.54, 1.807) is 26.8 Å². The molecule has 0 spiro atoms. The number of aryl methyl sites for hydroxylation is 4. The molecule has 2 N–H and O–H groups in total. The second-order valence-electron chi connectivity index (χ2n) is 8.06. The number of aromatic nitrogens is 2. The summed E-state index contributed by atoms with van der Waals surface area (Å²) in [5.41, 5.74) is 4.90. The molecule has 1 amide bonds. The highest BCUT2D eigenvalue weighted by atomic mass is 32.2. The van der Waals surface area contributed by atoms with Gasteiger partial charge in [0.05, 0.1) is 4.90 Å². The largest absolute Gasteiger partial charge is 0.481 e. The molecule has 3 rings (SSSR count). The van der Waals surface area contributed by atoms with Crippen LogP contribution in [0.15, 0.2) is 47.4 Å². The predicted octanol–water partition coefficient (Wildman–Crippen LogP) is 4.23. The molecule has 1 heterocycles. The van der Waals surface area contributed by atoms with Crippen molar-refractivity contribution < 1.29 is 17.9 Å². The summed E-state index contributed by atoms with van der Waals surface area (Å²) in [5.74, 6) is 0.333. The van der Waals surface area contributed by atoms with Crippen LogP contribution < -0.4 is 14.8 Å². The summed E-state index contributed by atoms with van der Waals surface area (Å²) in [4.78, 5) is 20.8. The summed E-state index contributed by atoms with van der Waals surface area (Å²) in [7, 11) is -3.87. The summed E-state index contributed by atoms with van der Waals surface area (Å²) in [6, 6.07) is 11.6. The lowest BCUT2D eigenvalue weighted by Crippen LogP contribution is -2.30. The monoisotopic (exact) mass is 468 g/mol. The fourth-order valence-electron chi connectivity index (χ4n) is 3.28. The molecule has 1 aromatic heterocycles. The Kier molecular flexibility index (Phi) is 7.02. The van der Waals surface area contributed by atoms with Crippen LogP contribution in [0.4, 0.5) is 11.6 Å². The van der Waals surface area contributed by atoms with Gasteiger partial charge in [-0.05, 0) is 94.6 Å². The van der Waals surface area contributed by atoms with Crippen LogP contribution in [0.2, 0.25) is 0 Å². The van der Waals surface area contributed by atoms with E-state index in [1.807, 2.05) is 26.8 Å². The fraction of sp³-hybridized carbons (Fsp3) is 0.292. The summed E-state index contributed by atoms with van der Waals surface area (Å²) in [5, 5.41) is 2.75. The predicted molar refractivity (Wildman–Crippen MR) is 128 cm³/mol. The van der Waals surface area contributed by atoms with Gasteiger partial charge in [0.2, 0.25) is 5.95 Å². The summed E-state index contributed by atoms with van der Waals surface area (Å²) in [6.07, 6.45) is -0.739. The Balaban J connectivity index is 1.68. The number of ether oxygens (including phenoxy) is 1. The van der Waals surface area contributed by atoms with E-state index in [9.17, 15) is 13.2 Å². The third kappa shape index (κ3) is 6.07. The lowest BCUT2D eigenvalue weighted by atomic mass is 10.1. The topological polar surface area (TPSA) is 110 Å². The first-order chi connectivity index (χ1) is 15.4. The Morgan fingerprint density at radius 3 is 2.15 bits per heavy atom. The molecule has 0 unspecified atom stereocenters. The maximum absolute atomic E-state index is 12.7. The number of nitrogens with one attached hydrogen (secondary N) is 2. The SMILES string of the molecule is Cc1cc(C)c(C)c(O[C@@H](C)C(=O)Nc2ccc(S(=O)(=O)Nc3nc(C)cc(C)n3)cc2)c1. The lowest BCUT2D eigenvalue weighted by molar-refractivity contribution is -0.122. The molecule has 0 aliphatic heterocycles. The summed E-state index contributed by atoms with van der Waals surface area (Å²) < 4.78 is 33.6. The van der Waals surface area contributed by atoms with Crippen LogP contribution in [0.3, 0.4) is 0 Å². The van der Waals surface area contributed by atoms with E-state index in [-0.39, 0.29) is 16.8 Å². The zero-order chi connectivity index (χ0) is 24.3. The highest BCUT2D eigenvalue weighted by Gasteiger charge is 2.19. The van der Waals surface area contributed by atoms with Crippen molar-refractivity contribution in [3.63, 3.8) is 0 Å². The minimum atomic E-state index is -3.87. The molecule has 0 bridgehead atoms. The van der Waals surface area contributed by atoms with E-state index in [2.05, 4.69) is 26.1 Å². The fourth-order valence-corrected chi connectivity index (χ4v) is 4.22. The van der Waals surface area contributed by atoms with Gasteiger partial charge in [0, 0.05) is 17.1 Å². The Morgan fingerprint density at radius 2 is 1.55 bits per heavy atom. The smallest absolute Gasteiger partial charge is 0.265 e. The first kappa shape index (κ1) is 24.2. The molecule has 2 aromatic carbocycles. The Hall–Kier alpha value is -3.46. The van der Waals surface area contributed by atoms with Gasteiger partial charge in [-0.2, -0.15) is 0 Å². The van der Waals surface area contributed by atoms with Gasteiger partial charge >= 0.3 is 0 Å². The van der Waals surface area contributed by atoms with Gasteiger partial charge in [-0.15, -0.1) is 0 Å². The minimum Gasteiger partial charge on any atom is -0.481 e. The van der Waals surface area contributed by atoms with E-state index >= 15 is 0 Å². The minimum absolute atomic E-state index is 0.0116. The van der Waals surface area contributed by atoms with Crippen LogP contribution in [0.1, 0.15) is 35.0 Å². The zero-order valence-electron chi connectivity index (χ0n) is 19.6. The lowest BCUT2D eigenvalue weighted by Gasteiger charge is -2.18. The van der Waals surface area contributed by atoms with Gasteiger partial charge in [0.1, 0.15) is 5.75 Å². The third-order valence-electron chi connectivity index (χ3n) is 5.08. The molecule has 0 radical (unpaired) electrons. The number of nitrogens with zero attached hydrogens (tertiary/aromatic N) is 2. The number of anilines is 2. The number of sulfonamides is 1. The van der Waals surface area contributed by atoms with E-state index in [4.69, 9.17) is 4.74 Å². The number of amides is 1. The molecular weight excluding hydrogens is 440 g/mol. The molecule has 0 fully saturated rings. The molecule has 0 saturated carbocycles. The van der Waals surface area contributed by atoms with E-state index in [1.165, 1.54) is 24.3 Å². The van der Waals surface area contributed by atoms with Gasteiger partial charge in [-0.1, -0.05) is 6.07 Å². The Morgan fingerprint density at radius 1 is 0.939 bits per heavy atom. The zero-order valence-corrected chi connectivity index (χ0v) is 20.4. The number of hydrogen-bond acceptors (Lipinski definition) is 6. The van der Waals surface area contributed by atoms with Gasteiger partial charge < -0.3 is 10.1 Å². The van der Waals surface area contributed by atoms with Crippen LogP contribution >= 0.6 is 0 Å².